The van der Waals surface area contributed by atoms with Crippen molar-refractivity contribution in [1.82, 2.24) is 0 Å². The molecule has 1 fully saturated rings. The highest BCUT2D eigenvalue weighted by Crippen LogP contribution is 2.36. The highest BCUT2D eigenvalue weighted by atomic mass is 28.4. The van der Waals surface area contributed by atoms with Gasteiger partial charge >= 0.3 is 5.97 Å². The lowest BCUT2D eigenvalue weighted by Gasteiger charge is -2.43. The third kappa shape index (κ3) is 6.80. The van der Waals surface area contributed by atoms with Crippen molar-refractivity contribution in [3.63, 3.8) is 0 Å². The molecular weight excluding hydrogens is 492 g/mol. The van der Waals surface area contributed by atoms with Gasteiger partial charge in [0.15, 0.2) is 0 Å². The molecule has 0 aromatic heterocycles. The third-order valence-corrected chi connectivity index (χ3v) is 12.3. The lowest BCUT2D eigenvalue weighted by atomic mass is 9.94. The topological polar surface area (TPSA) is 65.0 Å². The second-order valence-corrected chi connectivity index (χ2v) is 15.4. The summed E-state index contributed by atoms with van der Waals surface area (Å²) >= 11 is 0. The number of aliphatic hydroxyl groups is 1. The van der Waals surface area contributed by atoms with Gasteiger partial charge in [-0.15, -0.1) is 0 Å². The van der Waals surface area contributed by atoms with E-state index in [0.29, 0.717) is 12.0 Å². The SMILES string of the molecule is CC(C)(C)[Si](OC[C@H](O)CO[C@H]1CCC[C@@H](OC(=O)c2ccccc2)C1)(c1ccccc1)c1ccccc1. The van der Waals surface area contributed by atoms with Gasteiger partial charge in [0.2, 0.25) is 0 Å². The zero-order chi connectivity index (χ0) is 27.0. The Morgan fingerprint density at radius 3 is 1.92 bits per heavy atom. The van der Waals surface area contributed by atoms with Crippen LogP contribution in [0.15, 0.2) is 91.0 Å². The maximum absolute atomic E-state index is 12.5. The van der Waals surface area contributed by atoms with E-state index in [9.17, 15) is 9.90 Å². The zero-order valence-corrected chi connectivity index (χ0v) is 23.7. The van der Waals surface area contributed by atoms with Crippen molar-refractivity contribution in [1.29, 1.82) is 0 Å². The van der Waals surface area contributed by atoms with Crippen LogP contribution in [0.4, 0.5) is 0 Å². The number of rotatable bonds is 10. The summed E-state index contributed by atoms with van der Waals surface area (Å²) in [5.74, 6) is -0.296. The summed E-state index contributed by atoms with van der Waals surface area (Å²) in [7, 11) is -2.72. The Bertz CT molecular complexity index is 1090. The maximum atomic E-state index is 12.5. The van der Waals surface area contributed by atoms with E-state index < -0.39 is 14.4 Å². The molecule has 0 spiro atoms. The van der Waals surface area contributed by atoms with Crippen LogP contribution < -0.4 is 10.4 Å². The van der Waals surface area contributed by atoms with Gasteiger partial charge in [0.1, 0.15) is 6.10 Å². The average Bonchev–Trinajstić information content (AvgIpc) is 2.93. The van der Waals surface area contributed by atoms with Gasteiger partial charge in [0.05, 0.1) is 31.0 Å². The Balaban J connectivity index is 1.37. The first-order chi connectivity index (χ1) is 18.3. The lowest BCUT2D eigenvalue weighted by Crippen LogP contribution is -2.67. The van der Waals surface area contributed by atoms with Gasteiger partial charge < -0.3 is 19.0 Å². The fourth-order valence-electron chi connectivity index (χ4n) is 5.43. The number of esters is 1. The smallest absolute Gasteiger partial charge is 0.338 e. The van der Waals surface area contributed by atoms with Crippen LogP contribution in [-0.4, -0.2) is 50.9 Å². The Morgan fingerprint density at radius 1 is 0.842 bits per heavy atom. The average molecular weight is 533 g/mol. The molecule has 0 saturated heterocycles. The number of carbonyl (C=O) groups is 1. The van der Waals surface area contributed by atoms with Gasteiger partial charge in [-0.1, -0.05) is 99.6 Å². The molecule has 38 heavy (non-hydrogen) atoms. The Kier molecular flexibility index (Phi) is 9.55. The van der Waals surface area contributed by atoms with Crippen molar-refractivity contribution in [2.45, 2.75) is 69.8 Å². The van der Waals surface area contributed by atoms with Crippen LogP contribution in [0.1, 0.15) is 56.8 Å². The summed E-state index contributed by atoms with van der Waals surface area (Å²) in [4.78, 5) is 12.5. The van der Waals surface area contributed by atoms with Crippen molar-refractivity contribution < 1.29 is 23.8 Å². The molecule has 1 saturated carbocycles. The third-order valence-electron chi connectivity index (χ3n) is 7.29. The summed E-state index contributed by atoms with van der Waals surface area (Å²) in [5, 5.41) is 13.2. The number of carbonyl (C=O) groups excluding carboxylic acids is 1. The van der Waals surface area contributed by atoms with E-state index in [4.69, 9.17) is 13.9 Å². The first kappa shape index (κ1) is 28.2. The van der Waals surface area contributed by atoms with Crippen molar-refractivity contribution in [3.05, 3.63) is 96.6 Å². The van der Waals surface area contributed by atoms with E-state index in [1.54, 1.807) is 12.1 Å². The van der Waals surface area contributed by atoms with Crippen molar-refractivity contribution in [2.24, 2.45) is 0 Å². The van der Waals surface area contributed by atoms with E-state index in [1.165, 1.54) is 10.4 Å². The van der Waals surface area contributed by atoms with Crippen LogP contribution in [0.5, 0.6) is 0 Å². The van der Waals surface area contributed by atoms with E-state index >= 15 is 0 Å². The molecule has 0 aliphatic heterocycles. The van der Waals surface area contributed by atoms with Crippen LogP contribution in [-0.2, 0) is 13.9 Å². The molecule has 3 atom stereocenters. The predicted octanol–water partition coefficient (Wildman–Crippen LogP) is 5.11. The summed E-state index contributed by atoms with van der Waals surface area (Å²) in [6.07, 6.45) is 2.29. The molecule has 0 unspecified atom stereocenters. The molecule has 1 N–H and O–H groups in total. The first-order valence-electron chi connectivity index (χ1n) is 13.6. The first-order valence-corrected chi connectivity index (χ1v) is 15.5. The van der Waals surface area contributed by atoms with Crippen molar-refractivity contribution >= 4 is 24.7 Å². The van der Waals surface area contributed by atoms with Crippen LogP contribution >= 0.6 is 0 Å². The van der Waals surface area contributed by atoms with Crippen LogP contribution in [0, 0.1) is 0 Å². The number of hydrogen-bond donors (Lipinski definition) is 1. The van der Waals surface area contributed by atoms with Gasteiger partial charge in [0, 0.05) is 6.42 Å². The van der Waals surface area contributed by atoms with E-state index in [2.05, 4.69) is 69.3 Å². The number of aliphatic hydroxyl groups excluding tert-OH is 1. The molecule has 3 aromatic carbocycles. The summed E-state index contributed by atoms with van der Waals surface area (Å²) < 4.78 is 18.7. The Morgan fingerprint density at radius 2 is 1.37 bits per heavy atom. The molecule has 0 amide bonds. The summed E-state index contributed by atoms with van der Waals surface area (Å²) in [6, 6.07) is 29.9. The Hall–Kier alpha value is -2.77. The molecule has 202 valence electrons. The molecule has 3 aromatic rings. The fraction of sp³-hybridized carbons (Fsp3) is 0.406. The van der Waals surface area contributed by atoms with Crippen LogP contribution in [0.2, 0.25) is 5.04 Å². The van der Waals surface area contributed by atoms with E-state index in [0.717, 1.165) is 19.3 Å². The van der Waals surface area contributed by atoms with Gasteiger partial charge in [-0.05, 0) is 46.8 Å². The number of hydrogen-bond acceptors (Lipinski definition) is 5. The molecule has 4 rings (SSSR count). The molecule has 0 radical (unpaired) electrons. The summed E-state index contributed by atoms with van der Waals surface area (Å²) in [6.45, 7) is 7.04. The summed E-state index contributed by atoms with van der Waals surface area (Å²) in [5.41, 5.74) is 0.562. The molecule has 1 aliphatic carbocycles. The largest absolute Gasteiger partial charge is 0.459 e. The molecular formula is C32H40O5Si. The molecule has 5 nitrogen and oxygen atoms in total. The van der Waals surface area contributed by atoms with Gasteiger partial charge in [-0.2, -0.15) is 0 Å². The number of ether oxygens (including phenoxy) is 2. The predicted molar refractivity (Wildman–Crippen MR) is 153 cm³/mol. The minimum Gasteiger partial charge on any atom is -0.459 e. The minimum atomic E-state index is -2.72. The molecule has 0 bridgehead atoms. The lowest BCUT2D eigenvalue weighted by molar-refractivity contribution is -0.0619. The molecule has 1 aliphatic rings. The second kappa shape index (κ2) is 12.9. The standard InChI is InChI=1S/C32H40O5Si/c1-32(2,3)38(29-18-9-5-10-19-29,30-20-11-6-12-21-30)36-24-26(33)23-35-27-16-13-17-28(22-27)37-31(34)25-14-7-4-8-15-25/h4-12,14-15,18-21,26-28,33H,13,16-17,22-24H2,1-3H3/t26-,27+,28-/m1/s1. The van der Waals surface area contributed by atoms with Gasteiger partial charge in [-0.3, -0.25) is 0 Å². The van der Waals surface area contributed by atoms with E-state index in [-0.39, 0.29) is 36.4 Å². The zero-order valence-electron chi connectivity index (χ0n) is 22.7. The van der Waals surface area contributed by atoms with E-state index in [1.807, 2.05) is 30.3 Å². The molecule has 0 heterocycles. The number of benzene rings is 3. The minimum absolute atomic E-state index is 0.0557. The van der Waals surface area contributed by atoms with Crippen LogP contribution in [0.3, 0.4) is 0 Å². The van der Waals surface area contributed by atoms with Gasteiger partial charge in [0.25, 0.3) is 8.32 Å². The van der Waals surface area contributed by atoms with Crippen LogP contribution in [0.25, 0.3) is 0 Å². The quantitative estimate of drug-likeness (QED) is 0.290. The highest BCUT2D eigenvalue weighted by Gasteiger charge is 2.50. The molecule has 6 heteroatoms. The second-order valence-electron chi connectivity index (χ2n) is 11.1. The van der Waals surface area contributed by atoms with Gasteiger partial charge in [-0.25, -0.2) is 4.79 Å². The fourth-order valence-corrected chi connectivity index (χ4v) is 10.0. The van der Waals surface area contributed by atoms with Crippen molar-refractivity contribution in [2.75, 3.05) is 13.2 Å². The Labute approximate surface area is 227 Å². The highest BCUT2D eigenvalue weighted by molar-refractivity contribution is 6.99. The normalized spacial score (nSPS) is 19.1. The maximum Gasteiger partial charge on any atom is 0.338 e. The van der Waals surface area contributed by atoms with Crippen molar-refractivity contribution in [3.8, 4) is 0 Å². The monoisotopic (exact) mass is 532 g/mol.